The number of sulfone groups is 1. The Morgan fingerprint density at radius 3 is 2.40 bits per heavy atom. The minimum atomic E-state index is -3.72. The number of benzene rings is 2. The summed E-state index contributed by atoms with van der Waals surface area (Å²) in [5, 5.41) is 13.6. The van der Waals surface area contributed by atoms with E-state index in [4.69, 9.17) is 5.41 Å². The number of rotatable bonds is 11. The zero-order chi connectivity index (χ0) is 33.2. The van der Waals surface area contributed by atoms with Gasteiger partial charge in [0, 0.05) is 82.2 Å². The van der Waals surface area contributed by atoms with Crippen molar-refractivity contribution in [3.05, 3.63) is 70.8 Å². The highest BCUT2D eigenvalue weighted by molar-refractivity contribution is 7.96. The van der Waals surface area contributed by atoms with Crippen LogP contribution in [0.1, 0.15) is 57.1 Å². The zero-order valence-electron chi connectivity index (χ0n) is 28.2. The number of anilines is 1. The second-order valence-electron chi connectivity index (χ2n) is 14.2. The summed E-state index contributed by atoms with van der Waals surface area (Å²) in [6, 6.07) is 16.5. The number of amides is 1. The lowest BCUT2D eigenvalue weighted by Crippen LogP contribution is -2.60. The third-order valence-corrected chi connectivity index (χ3v) is 13.2. The molecule has 1 unspecified atom stereocenters. The first-order valence-electron chi connectivity index (χ1n) is 17.5. The monoisotopic (exact) mass is 660 g/mol. The molecule has 9 nitrogen and oxygen atoms in total. The van der Waals surface area contributed by atoms with E-state index in [9.17, 15) is 13.2 Å². The first-order valence-corrected chi connectivity index (χ1v) is 19.0. The molecule has 1 saturated carbocycles. The van der Waals surface area contributed by atoms with Crippen molar-refractivity contribution in [2.45, 2.75) is 68.8 Å². The highest BCUT2D eigenvalue weighted by Gasteiger charge is 2.54. The number of piperidine rings is 1. The number of likely N-dealkylation sites (tertiary alicyclic amines) is 1. The number of carbonyl (C=O) groups excluding carboxylic acids is 1. The Hall–Kier alpha value is -3.21. The van der Waals surface area contributed by atoms with Crippen molar-refractivity contribution in [2.75, 3.05) is 57.8 Å². The van der Waals surface area contributed by atoms with E-state index in [-0.39, 0.29) is 27.2 Å². The van der Waals surface area contributed by atoms with Gasteiger partial charge in [0.25, 0.3) is 0 Å². The van der Waals surface area contributed by atoms with Crippen LogP contribution in [0.25, 0.3) is 0 Å². The molecule has 6 rings (SSSR count). The third-order valence-electron chi connectivity index (χ3n) is 11.5. The summed E-state index contributed by atoms with van der Waals surface area (Å²) in [5.41, 5.74) is 4.11. The lowest BCUT2D eigenvalue weighted by Gasteiger charge is -2.55. The van der Waals surface area contributed by atoms with Crippen LogP contribution in [0.5, 0.6) is 0 Å². The third kappa shape index (κ3) is 6.61. The largest absolute Gasteiger partial charge is 0.393 e. The average molecular weight is 661 g/mol. The van der Waals surface area contributed by atoms with E-state index in [1.807, 2.05) is 12.1 Å². The topological polar surface area (TPSA) is 109 Å². The highest BCUT2D eigenvalue weighted by atomic mass is 32.2. The van der Waals surface area contributed by atoms with Gasteiger partial charge in [-0.05, 0) is 92.5 Å². The summed E-state index contributed by atoms with van der Waals surface area (Å²) in [5.74, 6) is 1.72. The van der Waals surface area contributed by atoms with Crippen LogP contribution >= 0.6 is 0 Å². The maximum absolute atomic E-state index is 12.9. The molecule has 4 aliphatic rings. The maximum Gasteiger partial charge on any atom is 0.217 e. The number of carbonyl (C=O) groups is 1. The Bertz CT molecular complexity index is 1560. The quantitative estimate of drug-likeness (QED) is 0.307. The smallest absolute Gasteiger partial charge is 0.217 e. The van der Waals surface area contributed by atoms with Crippen molar-refractivity contribution in [1.29, 1.82) is 5.41 Å². The number of allylic oxidation sites excluding steroid dienone is 1. The summed E-state index contributed by atoms with van der Waals surface area (Å²) in [6.07, 6.45) is 8.01. The molecule has 2 saturated heterocycles. The minimum Gasteiger partial charge on any atom is -0.393 e. The van der Waals surface area contributed by atoms with Gasteiger partial charge < -0.3 is 25.8 Å². The first-order chi connectivity index (χ1) is 22.7. The molecule has 3 heterocycles. The van der Waals surface area contributed by atoms with Gasteiger partial charge in [0.05, 0.1) is 4.90 Å². The van der Waals surface area contributed by atoms with E-state index in [1.54, 1.807) is 31.7 Å². The van der Waals surface area contributed by atoms with Crippen molar-refractivity contribution in [1.82, 2.24) is 20.4 Å². The number of hydrogen-bond acceptors (Lipinski definition) is 8. The molecule has 3 atom stereocenters. The molecule has 2 aromatic carbocycles. The van der Waals surface area contributed by atoms with Crippen LogP contribution in [0.2, 0.25) is 0 Å². The Labute approximate surface area is 281 Å². The first kappa shape index (κ1) is 33.7. The summed E-state index contributed by atoms with van der Waals surface area (Å²) in [4.78, 5) is 20.1. The van der Waals surface area contributed by atoms with E-state index < -0.39 is 9.84 Å². The van der Waals surface area contributed by atoms with Crippen LogP contribution in [0, 0.1) is 23.2 Å². The molecule has 0 bridgehead atoms. The fourth-order valence-electron chi connectivity index (χ4n) is 9.27. The standard InChI is InChI=1S/C37H52N6O3S/c1-4-41-25-29-8-5-6-9-34(29)37(26-41,35-10-7-11-36(35)40-27(2)44)30-16-18-42(19-17-30)22-28-23-43(24-28)31-12-14-32(15-13-31)47(45,46)33(20-38)21-39-3/h5-6,8-9,12-15,20-21,28,30,35-36,38-39H,4,7,10-11,16-19,22-26H2,1-3H3,(H,40,44)/b33-21+,38-20?/t35-,36-,37?/m0/s1. The molecule has 2 aromatic rings. The van der Waals surface area contributed by atoms with Crippen LogP contribution in [-0.4, -0.2) is 89.2 Å². The van der Waals surface area contributed by atoms with Crippen molar-refractivity contribution < 1.29 is 13.2 Å². The molecule has 0 spiro atoms. The SMILES string of the molecule is CCN1Cc2ccccc2C(C2CCN(CC3CN(c4ccc(S(=O)(=O)/C(C=N)=C/NC)cc4)C3)CC2)([C@H]2CCC[C@@H]2NC(C)=O)C1. The normalized spacial score (nSPS) is 26.4. The van der Waals surface area contributed by atoms with Crippen LogP contribution in [0.15, 0.2) is 64.5 Å². The predicted octanol–water partition coefficient (Wildman–Crippen LogP) is 4.40. The van der Waals surface area contributed by atoms with E-state index in [0.717, 1.165) is 70.7 Å². The lowest BCUT2D eigenvalue weighted by atomic mass is 9.56. The van der Waals surface area contributed by atoms with Gasteiger partial charge in [0.15, 0.2) is 0 Å². The number of nitrogens with one attached hydrogen (secondary N) is 3. The van der Waals surface area contributed by atoms with Crippen molar-refractivity contribution in [3.63, 3.8) is 0 Å². The number of nitrogens with zero attached hydrogens (tertiary/aromatic N) is 3. The second kappa shape index (κ2) is 14.1. The van der Waals surface area contributed by atoms with E-state index in [1.165, 1.54) is 37.4 Å². The Kier molecular flexibility index (Phi) is 10.1. The van der Waals surface area contributed by atoms with E-state index in [2.05, 4.69) is 56.5 Å². The van der Waals surface area contributed by atoms with Gasteiger partial charge in [-0.2, -0.15) is 0 Å². The van der Waals surface area contributed by atoms with Crippen molar-refractivity contribution >= 4 is 27.6 Å². The number of hydrogen-bond donors (Lipinski definition) is 3. The van der Waals surface area contributed by atoms with Crippen molar-refractivity contribution in [2.24, 2.45) is 17.8 Å². The molecule has 3 N–H and O–H groups in total. The second-order valence-corrected chi connectivity index (χ2v) is 16.1. The molecule has 3 fully saturated rings. The number of fused-ring (bicyclic) bond motifs is 1. The molecule has 1 amide bonds. The highest BCUT2D eigenvalue weighted by Crippen LogP contribution is 2.53. The molecular formula is C37H52N6O3S. The lowest BCUT2D eigenvalue weighted by molar-refractivity contribution is -0.120. The predicted molar refractivity (Wildman–Crippen MR) is 188 cm³/mol. The van der Waals surface area contributed by atoms with Gasteiger partial charge in [0.2, 0.25) is 15.7 Å². The van der Waals surface area contributed by atoms with Gasteiger partial charge in [-0.1, -0.05) is 37.6 Å². The summed E-state index contributed by atoms with van der Waals surface area (Å²) < 4.78 is 25.7. The molecule has 254 valence electrons. The van der Waals surface area contributed by atoms with Gasteiger partial charge >= 0.3 is 0 Å². The van der Waals surface area contributed by atoms with Crippen LogP contribution in [0.3, 0.4) is 0 Å². The molecule has 3 aliphatic heterocycles. The summed E-state index contributed by atoms with van der Waals surface area (Å²) >= 11 is 0. The zero-order valence-corrected chi connectivity index (χ0v) is 29.1. The van der Waals surface area contributed by atoms with E-state index in [0.29, 0.717) is 17.8 Å². The molecular weight excluding hydrogens is 609 g/mol. The fourth-order valence-corrected chi connectivity index (χ4v) is 10.5. The van der Waals surface area contributed by atoms with Crippen LogP contribution in [0.4, 0.5) is 5.69 Å². The van der Waals surface area contributed by atoms with Crippen LogP contribution < -0.4 is 15.5 Å². The molecule has 0 aromatic heterocycles. The Morgan fingerprint density at radius 2 is 1.74 bits per heavy atom. The minimum absolute atomic E-state index is 0.0514. The maximum atomic E-state index is 12.9. The summed E-state index contributed by atoms with van der Waals surface area (Å²) in [7, 11) is -2.09. The molecule has 0 radical (unpaired) electrons. The Balaban J connectivity index is 1.11. The molecule has 10 heteroatoms. The van der Waals surface area contributed by atoms with Gasteiger partial charge in [-0.25, -0.2) is 8.42 Å². The summed E-state index contributed by atoms with van der Waals surface area (Å²) in [6.45, 7) is 12.4. The van der Waals surface area contributed by atoms with Gasteiger partial charge in [-0.15, -0.1) is 0 Å². The Morgan fingerprint density at radius 1 is 1.02 bits per heavy atom. The van der Waals surface area contributed by atoms with E-state index >= 15 is 0 Å². The average Bonchev–Trinajstić information content (AvgIpc) is 3.52. The molecule has 1 aliphatic carbocycles. The number of likely N-dealkylation sites (N-methyl/N-ethyl adjacent to an activating group) is 1. The van der Waals surface area contributed by atoms with Crippen LogP contribution in [-0.2, 0) is 26.6 Å². The fraction of sp³-hybridized carbons (Fsp3) is 0.568. The van der Waals surface area contributed by atoms with Gasteiger partial charge in [0.1, 0.15) is 4.91 Å². The van der Waals surface area contributed by atoms with Gasteiger partial charge in [-0.3, -0.25) is 9.69 Å². The molecule has 47 heavy (non-hydrogen) atoms. The van der Waals surface area contributed by atoms with Crippen molar-refractivity contribution in [3.8, 4) is 0 Å².